The molecular weight excluding hydrogens is 777 g/mol. The van der Waals surface area contributed by atoms with Crippen LogP contribution in [0.5, 0.6) is 0 Å². The van der Waals surface area contributed by atoms with Crippen molar-refractivity contribution < 1.29 is 57.7 Å². The van der Waals surface area contributed by atoms with Gasteiger partial charge in [0, 0.05) is 50.5 Å². The Bertz CT molecular complexity index is 1290. The number of carbonyl (C=O) groups excluding carboxylic acids is 3. The van der Waals surface area contributed by atoms with E-state index in [9.17, 15) is 39.2 Å². The highest BCUT2D eigenvalue weighted by Gasteiger charge is 2.41. The average molecular weight is 856 g/mol. The molecule has 0 aromatic rings. The zero-order chi connectivity index (χ0) is 43.6. The van der Waals surface area contributed by atoms with E-state index in [4.69, 9.17) is 24.3 Å². The topological polar surface area (TPSA) is 212 Å². The second-order valence-electron chi connectivity index (χ2n) is 15.5. The Morgan fingerprint density at radius 3 is 2.05 bits per heavy atom. The van der Waals surface area contributed by atoms with Gasteiger partial charge in [0.05, 0.1) is 31.5 Å². The van der Waals surface area contributed by atoms with Crippen molar-refractivity contribution in [2.45, 2.75) is 180 Å². The van der Waals surface area contributed by atoms with Crippen LogP contribution >= 0.6 is 7.82 Å². The summed E-state index contributed by atoms with van der Waals surface area (Å²) in [4.78, 5) is 47.9. The monoisotopic (exact) mass is 856 g/mol. The van der Waals surface area contributed by atoms with Crippen LogP contribution in [-0.4, -0.2) is 88.7 Å². The third-order valence-corrected chi connectivity index (χ3v) is 11.2. The molecule has 0 radical (unpaired) electrons. The molecule has 1 aliphatic rings. The van der Waals surface area contributed by atoms with Gasteiger partial charge in [-0.1, -0.05) is 114 Å². The quantitative estimate of drug-likeness (QED) is 0.0173. The van der Waals surface area contributed by atoms with E-state index in [2.05, 4.69) is 38.2 Å². The van der Waals surface area contributed by atoms with Gasteiger partial charge in [0.15, 0.2) is 6.10 Å². The molecule has 1 saturated carbocycles. The summed E-state index contributed by atoms with van der Waals surface area (Å²) in [5.41, 5.74) is 5.33. The number of nitrogens with two attached hydrogens (primary N) is 1. The van der Waals surface area contributed by atoms with Gasteiger partial charge in [-0.3, -0.25) is 23.4 Å². The number of aliphatic hydroxyl groups is 3. The van der Waals surface area contributed by atoms with Gasteiger partial charge < -0.3 is 35.4 Å². The molecule has 13 nitrogen and oxygen atoms in total. The summed E-state index contributed by atoms with van der Waals surface area (Å²) in [6.07, 6.45) is 29.3. The number of rotatable bonds is 37. The lowest BCUT2D eigenvalue weighted by Gasteiger charge is -2.20. The zero-order valence-corrected chi connectivity index (χ0v) is 36.9. The number of allylic oxidation sites excluding steroid dienone is 6. The molecule has 7 atom stereocenters. The van der Waals surface area contributed by atoms with E-state index in [0.717, 1.165) is 38.5 Å². The van der Waals surface area contributed by atoms with Gasteiger partial charge in [-0.15, -0.1) is 0 Å². The van der Waals surface area contributed by atoms with Crippen molar-refractivity contribution in [1.29, 1.82) is 0 Å². The fourth-order valence-corrected chi connectivity index (χ4v) is 7.53. The molecule has 6 N–H and O–H groups in total. The Morgan fingerprint density at radius 1 is 0.746 bits per heavy atom. The van der Waals surface area contributed by atoms with Gasteiger partial charge >= 0.3 is 19.8 Å². The molecule has 14 heteroatoms. The molecule has 1 fully saturated rings. The Hall–Kier alpha value is -2.48. The SMILES string of the molecule is CCCCCCCC/C=C\C/C=C\C/C=C\CCCC(=O)OC[C@H](COP(=O)(O)OCCN)OC(=O)CCCCC(=O)C[C@@H]1[C@@H](/C=C/[C@@H](O)CCCCC)[C@H](O)C[C@@H]1O. The number of ether oxygens (including phenoxy) is 2. The molecule has 0 aromatic carbocycles. The first kappa shape index (κ1) is 54.5. The van der Waals surface area contributed by atoms with Crippen LogP contribution in [0.25, 0.3) is 0 Å². The fourth-order valence-electron chi connectivity index (χ4n) is 6.76. The van der Waals surface area contributed by atoms with E-state index in [1.165, 1.54) is 38.5 Å². The molecule has 1 aliphatic carbocycles. The summed E-state index contributed by atoms with van der Waals surface area (Å²) < 4.78 is 32.6. The van der Waals surface area contributed by atoms with Crippen LogP contribution in [0, 0.1) is 11.8 Å². The zero-order valence-electron chi connectivity index (χ0n) is 36.0. The van der Waals surface area contributed by atoms with Crippen LogP contribution < -0.4 is 5.73 Å². The summed E-state index contributed by atoms with van der Waals surface area (Å²) >= 11 is 0. The predicted octanol–water partition coefficient (Wildman–Crippen LogP) is 8.28. The second-order valence-corrected chi connectivity index (χ2v) is 17.0. The van der Waals surface area contributed by atoms with E-state index < -0.39 is 69.2 Å². The Balaban J connectivity index is 2.46. The van der Waals surface area contributed by atoms with Crippen molar-refractivity contribution in [1.82, 2.24) is 0 Å². The number of Topliss-reactive ketones (excluding diaryl/α,β-unsaturated/α-hetero) is 1. The highest BCUT2D eigenvalue weighted by molar-refractivity contribution is 7.47. The highest BCUT2D eigenvalue weighted by atomic mass is 31.2. The van der Waals surface area contributed by atoms with Gasteiger partial charge in [-0.2, -0.15) is 0 Å². The maximum atomic E-state index is 12.8. The summed E-state index contributed by atoms with van der Waals surface area (Å²) in [5.74, 6) is -2.21. The maximum absolute atomic E-state index is 12.8. The standard InChI is InChI=1S/C45H78NO12P/c1-3-5-7-8-9-10-11-12-13-14-15-16-17-18-19-20-22-27-44(51)55-35-39(36-57-59(53,54)56-32-31-46)58-45(52)28-24-23-26-38(48)33-41-40(42(49)34-43(41)50)30-29-37(47)25-21-6-4-2/h12-13,15-16,18-19,29-30,37,39-43,47,49-50H,3-11,14,17,20-28,31-36,46H2,1-2H3,(H,53,54)/b13-12-,16-15-,19-18-,30-29+/t37-,39+,40+,41+,42+,43-/m0/s1. The molecule has 0 aromatic heterocycles. The van der Waals surface area contributed by atoms with Gasteiger partial charge in [-0.25, -0.2) is 4.57 Å². The molecule has 0 spiro atoms. The van der Waals surface area contributed by atoms with E-state index in [0.29, 0.717) is 32.1 Å². The van der Waals surface area contributed by atoms with Crippen LogP contribution in [0.2, 0.25) is 0 Å². The third kappa shape index (κ3) is 29.4. The van der Waals surface area contributed by atoms with Crippen LogP contribution in [-0.2, 0) is 37.5 Å². The Kier molecular flexibility index (Phi) is 32.5. The Morgan fingerprint density at radius 2 is 1.36 bits per heavy atom. The number of carbonyl (C=O) groups is 3. The van der Waals surface area contributed by atoms with Crippen molar-refractivity contribution in [2.75, 3.05) is 26.4 Å². The van der Waals surface area contributed by atoms with Gasteiger partial charge in [-0.05, 0) is 57.8 Å². The summed E-state index contributed by atoms with van der Waals surface area (Å²) in [7, 11) is -4.50. The lowest BCUT2D eigenvalue weighted by atomic mass is 9.87. The summed E-state index contributed by atoms with van der Waals surface area (Å²) in [6.45, 7) is 3.11. The van der Waals surface area contributed by atoms with E-state index in [1.54, 1.807) is 12.2 Å². The average Bonchev–Trinajstić information content (AvgIpc) is 3.47. The molecule has 1 unspecified atom stereocenters. The van der Waals surface area contributed by atoms with Gasteiger partial charge in [0.1, 0.15) is 12.4 Å². The lowest BCUT2D eigenvalue weighted by molar-refractivity contribution is -0.161. The molecule has 0 aliphatic heterocycles. The van der Waals surface area contributed by atoms with Crippen LogP contribution in [0.3, 0.4) is 0 Å². The lowest BCUT2D eigenvalue weighted by Crippen LogP contribution is -2.29. The number of phosphoric ester groups is 1. The molecule has 59 heavy (non-hydrogen) atoms. The largest absolute Gasteiger partial charge is 0.472 e. The minimum absolute atomic E-state index is 0.0144. The van der Waals surface area contributed by atoms with Crippen molar-refractivity contribution in [3.05, 3.63) is 48.6 Å². The third-order valence-electron chi connectivity index (χ3n) is 10.2. The number of esters is 2. The number of unbranched alkanes of at least 4 members (excludes halogenated alkanes) is 10. The van der Waals surface area contributed by atoms with Crippen molar-refractivity contribution in [3.63, 3.8) is 0 Å². The maximum Gasteiger partial charge on any atom is 0.472 e. The van der Waals surface area contributed by atoms with E-state index in [1.807, 2.05) is 12.2 Å². The number of hydrogen-bond donors (Lipinski definition) is 5. The fraction of sp³-hybridized carbons (Fsp3) is 0.756. The number of hydrogen-bond acceptors (Lipinski definition) is 12. The molecule has 0 bridgehead atoms. The first-order valence-electron chi connectivity index (χ1n) is 22.3. The second kappa shape index (κ2) is 35.2. The minimum Gasteiger partial charge on any atom is -0.462 e. The highest BCUT2D eigenvalue weighted by Crippen LogP contribution is 2.43. The summed E-state index contributed by atoms with van der Waals surface area (Å²) in [5, 5.41) is 31.3. The van der Waals surface area contributed by atoms with Crippen molar-refractivity contribution in [3.8, 4) is 0 Å². The van der Waals surface area contributed by atoms with Gasteiger partial charge in [0.2, 0.25) is 0 Å². The van der Waals surface area contributed by atoms with Crippen LogP contribution in [0.15, 0.2) is 48.6 Å². The molecule has 1 rings (SSSR count). The number of aliphatic hydroxyl groups excluding tert-OH is 3. The predicted molar refractivity (Wildman–Crippen MR) is 231 cm³/mol. The minimum atomic E-state index is -4.50. The number of phosphoric acid groups is 1. The summed E-state index contributed by atoms with van der Waals surface area (Å²) in [6, 6.07) is 0. The van der Waals surface area contributed by atoms with Crippen molar-refractivity contribution in [2.24, 2.45) is 17.6 Å². The normalized spacial score (nSPS) is 20.5. The molecule has 0 amide bonds. The van der Waals surface area contributed by atoms with Crippen LogP contribution in [0.1, 0.15) is 155 Å². The molecule has 340 valence electrons. The number of ketones is 1. The smallest absolute Gasteiger partial charge is 0.462 e. The molecule has 0 heterocycles. The molecule has 0 saturated heterocycles. The van der Waals surface area contributed by atoms with Gasteiger partial charge in [0.25, 0.3) is 0 Å². The van der Waals surface area contributed by atoms with E-state index >= 15 is 0 Å². The first-order valence-corrected chi connectivity index (χ1v) is 23.8. The van der Waals surface area contributed by atoms with Crippen LogP contribution in [0.4, 0.5) is 0 Å². The molecular formula is C45H78NO12P. The van der Waals surface area contributed by atoms with Crippen molar-refractivity contribution >= 4 is 25.5 Å². The first-order chi connectivity index (χ1) is 28.4. The Labute approximate surface area is 354 Å². The van der Waals surface area contributed by atoms with E-state index in [-0.39, 0.29) is 51.0 Å².